The van der Waals surface area contributed by atoms with Gasteiger partial charge >= 0.3 is 6.09 Å². The summed E-state index contributed by atoms with van der Waals surface area (Å²) in [5, 5.41) is 2.61. The minimum Gasteiger partial charge on any atom is -0.449 e. The van der Waals surface area contributed by atoms with Crippen LogP contribution in [0.3, 0.4) is 0 Å². The molecule has 0 radical (unpaired) electrons. The summed E-state index contributed by atoms with van der Waals surface area (Å²) in [6, 6.07) is 21.0. The summed E-state index contributed by atoms with van der Waals surface area (Å²) in [6.07, 6.45) is -0.525. The van der Waals surface area contributed by atoms with Crippen molar-refractivity contribution in [2.24, 2.45) is 0 Å². The van der Waals surface area contributed by atoms with Crippen LogP contribution >= 0.6 is 15.9 Å². The SMILES string of the molecule is O=C(NCC#Cc1ccc(Br)c(F)c1)OCC1c2ccccc2-c2ccccc21. The molecule has 3 nitrogen and oxygen atoms in total. The average molecular weight is 450 g/mol. The van der Waals surface area contributed by atoms with Gasteiger partial charge in [0, 0.05) is 11.5 Å². The minimum atomic E-state index is -0.525. The van der Waals surface area contributed by atoms with Crippen molar-refractivity contribution in [1.82, 2.24) is 5.32 Å². The molecule has 1 aliphatic rings. The Balaban J connectivity index is 1.35. The summed E-state index contributed by atoms with van der Waals surface area (Å²) in [5.74, 6) is 5.25. The standard InChI is InChI=1S/C24H17BrFNO2/c25-22-12-11-16(14-23(22)26)6-5-13-27-24(28)29-15-21-19-9-3-1-7-17(19)18-8-2-4-10-20(18)21/h1-4,7-12,14,21H,13,15H2,(H,27,28). The number of hydrogen-bond acceptors (Lipinski definition) is 2. The van der Waals surface area contributed by atoms with E-state index in [1.807, 2.05) is 24.3 Å². The van der Waals surface area contributed by atoms with E-state index in [0.717, 1.165) is 0 Å². The second-order valence-electron chi connectivity index (χ2n) is 6.61. The number of alkyl carbamates (subject to hydrolysis) is 1. The van der Waals surface area contributed by atoms with Crippen LogP contribution in [0.1, 0.15) is 22.6 Å². The van der Waals surface area contributed by atoms with Gasteiger partial charge in [0.1, 0.15) is 12.4 Å². The Bertz CT molecular complexity index is 1090. The molecule has 0 atom stereocenters. The molecule has 0 saturated carbocycles. The van der Waals surface area contributed by atoms with Gasteiger partial charge in [0.15, 0.2) is 0 Å². The molecule has 5 heteroatoms. The van der Waals surface area contributed by atoms with Gasteiger partial charge < -0.3 is 10.1 Å². The summed E-state index contributed by atoms with van der Waals surface area (Å²) in [7, 11) is 0. The van der Waals surface area contributed by atoms with Crippen LogP contribution in [0.4, 0.5) is 9.18 Å². The van der Waals surface area contributed by atoms with Crippen LogP contribution in [-0.2, 0) is 4.74 Å². The smallest absolute Gasteiger partial charge is 0.407 e. The van der Waals surface area contributed by atoms with Crippen molar-refractivity contribution < 1.29 is 13.9 Å². The van der Waals surface area contributed by atoms with Crippen LogP contribution in [0, 0.1) is 17.7 Å². The maximum Gasteiger partial charge on any atom is 0.407 e. The van der Waals surface area contributed by atoms with Gasteiger partial charge in [0.05, 0.1) is 11.0 Å². The number of hydrogen-bond donors (Lipinski definition) is 1. The van der Waals surface area contributed by atoms with Crippen molar-refractivity contribution in [2.45, 2.75) is 5.92 Å². The third kappa shape index (κ3) is 4.18. The number of carbonyl (C=O) groups is 1. The number of halogens is 2. The lowest BCUT2D eigenvalue weighted by atomic mass is 9.98. The normalized spacial score (nSPS) is 11.8. The maximum atomic E-state index is 13.5. The highest BCUT2D eigenvalue weighted by Gasteiger charge is 2.28. The zero-order valence-electron chi connectivity index (χ0n) is 15.4. The second-order valence-corrected chi connectivity index (χ2v) is 7.46. The topological polar surface area (TPSA) is 38.3 Å². The zero-order valence-corrected chi connectivity index (χ0v) is 17.0. The number of benzene rings is 3. The first-order chi connectivity index (χ1) is 14.1. The summed E-state index contributed by atoms with van der Waals surface area (Å²) in [4.78, 5) is 12.1. The summed E-state index contributed by atoms with van der Waals surface area (Å²) < 4.78 is 19.3. The van der Waals surface area contributed by atoms with E-state index in [9.17, 15) is 9.18 Å². The number of amides is 1. The Morgan fingerprint density at radius 2 is 1.69 bits per heavy atom. The summed E-state index contributed by atoms with van der Waals surface area (Å²) >= 11 is 3.10. The van der Waals surface area contributed by atoms with Crippen molar-refractivity contribution in [2.75, 3.05) is 13.2 Å². The van der Waals surface area contributed by atoms with E-state index in [1.165, 1.54) is 28.3 Å². The fraction of sp³-hybridized carbons (Fsp3) is 0.125. The first kappa shape index (κ1) is 19.2. The van der Waals surface area contributed by atoms with Crippen molar-refractivity contribution in [3.05, 3.63) is 93.7 Å². The molecule has 3 aromatic carbocycles. The van der Waals surface area contributed by atoms with Crippen molar-refractivity contribution in [3.63, 3.8) is 0 Å². The monoisotopic (exact) mass is 449 g/mol. The molecule has 3 aromatic rings. The maximum absolute atomic E-state index is 13.5. The van der Waals surface area contributed by atoms with E-state index in [4.69, 9.17) is 4.74 Å². The molecule has 1 aliphatic carbocycles. The Hall–Kier alpha value is -3.10. The highest BCUT2D eigenvalue weighted by molar-refractivity contribution is 9.10. The van der Waals surface area contributed by atoms with Crippen molar-refractivity contribution in [1.29, 1.82) is 0 Å². The fourth-order valence-electron chi connectivity index (χ4n) is 3.49. The molecule has 144 valence electrons. The number of ether oxygens (including phenoxy) is 1. The molecule has 29 heavy (non-hydrogen) atoms. The number of fused-ring (bicyclic) bond motifs is 3. The van der Waals surface area contributed by atoms with Crippen molar-refractivity contribution in [3.8, 4) is 23.0 Å². The lowest BCUT2D eigenvalue weighted by molar-refractivity contribution is 0.144. The Morgan fingerprint density at radius 3 is 2.34 bits per heavy atom. The van der Waals surface area contributed by atoms with Crippen LogP contribution < -0.4 is 5.32 Å². The van der Waals surface area contributed by atoms with Gasteiger partial charge in [-0.1, -0.05) is 60.4 Å². The third-order valence-electron chi connectivity index (χ3n) is 4.82. The first-order valence-corrected chi connectivity index (χ1v) is 9.95. The van der Waals surface area contributed by atoms with Crippen LogP contribution in [0.5, 0.6) is 0 Å². The number of nitrogens with one attached hydrogen (secondary N) is 1. The lowest BCUT2D eigenvalue weighted by Gasteiger charge is -2.14. The van der Waals surface area contributed by atoms with Gasteiger partial charge in [0.2, 0.25) is 0 Å². The second kappa shape index (κ2) is 8.50. The Labute approximate surface area is 177 Å². The molecule has 1 amide bonds. The molecule has 0 aliphatic heterocycles. The Kier molecular flexibility index (Phi) is 5.64. The molecular weight excluding hydrogens is 433 g/mol. The van der Waals surface area contributed by atoms with Gasteiger partial charge in [0.25, 0.3) is 0 Å². The highest BCUT2D eigenvalue weighted by atomic mass is 79.9. The van der Waals surface area contributed by atoms with Gasteiger partial charge in [-0.05, 0) is 56.4 Å². The van der Waals surface area contributed by atoms with E-state index < -0.39 is 6.09 Å². The van der Waals surface area contributed by atoms with Gasteiger partial charge in [-0.2, -0.15) is 0 Å². The fourth-order valence-corrected chi connectivity index (χ4v) is 3.73. The van der Waals surface area contributed by atoms with E-state index in [1.54, 1.807) is 12.1 Å². The number of carbonyl (C=O) groups excluding carboxylic acids is 1. The predicted octanol–water partition coefficient (Wildman–Crippen LogP) is 5.48. The average Bonchev–Trinajstić information content (AvgIpc) is 3.06. The predicted molar refractivity (Wildman–Crippen MR) is 114 cm³/mol. The van der Waals surface area contributed by atoms with Gasteiger partial charge in [-0.25, -0.2) is 9.18 Å². The van der Waals surface area contributed by atoms with Gasteiger partial charge in [-0.15, -0.1) is 0 Å². The van der Waals surface area contributed by atoms with E-state index in [0.29, 0.717) is 10.0 Å². The molecule has 0 spiro atoms. The minimum absolute atomic E-state index is 0.0185. The first-order valence-electron chi connectivity index (χ1n) is 9.16. The van der Waals surface area contributed by atoms with E-state index in [-0.39, 0.29) is 24.9 Å². The summed E-state index contributed by atoms with van der Waals surface area (Å²) in [5.41, 5.74) is 5.24. The van der Waals surface area contributed by atoms with Crippen LogP contribution in [-0.4, -0.2) is 19.2 Å². The van der Waals surface area contributed by atoms with Crippen LogP contribution in [0.2, 0.25) is 0 Å². The lowest BCUT2D eigenvalue weighted by Crippen LogP contribution is -2.26. The molecule has 0 bridgehead atoms. The molecular formula is C24H17BrFNO2. The van der Waals surface area contributed by atoms with E-state index in [2.05, 4.69) is 57.4 Å². The molecule has 0 fully saturated rings. The van der Waals surface area contributed by atoms with Gasteiger partial charge in [-0.3, -0.25) is 0 Å². The van der Waals surface area contributed by atoms with E-state index >= 15 is 0 Å². The largest absolute Gasteiger partial charge is 0.449 e. The third-order valence-corrected chi connectivity index (χ3v) is 5.46. The Morgan fingerprint density at radius 1 is 1.03 bits per heavy atom. The molecule has 0 aromatic heterocycles. The molecule has 4 rings (SSSR count). The summed E-state index contributed by atoms with van der Waals surface area (Å²) in [6.45, 7) is 0.375. The highest BCUT2D eigenvalue weighted by Crippen LogP contribution is 2.44. The van der Waals surface area contributed by atoms with Crippen LogP contribution in [0.15, 0.2) is 71.2 Å². The molecule has 0 heterocycles. The molecule has 0 unspecified atom stereocenters. The van der Waals surface area contributed by atoms with Crippen LogP contribution in [0.25, 0.3) is 11.1 Å². The number of rotatable bonds is 3. The van der Waals surface area contributed by atoms with Crippen molar-refractivity contribution >= 4 is 22.0 Å². The quantitative estimate of drug-likeness (QED) is 0.537. The zero-order chi connectivity index (χ0) is 20.2. The molecule has 0 saturated heterocycles. The molecule has 1 N–H and O–H groups in total.